The Morgan fingerprint density at radius 1 is 1.13 bits per heavy atom. The summed E-state index contributed by atoms with van der Waals surface area (Å²) in [6.07, 6.45) is 2.57. The number of carbonyl (C=O) groups excluding carboxylic acids is 1. The van der Waals surface area contributed by atoms with Crippen LogP contribution in [0.15, 0.2) is 58.5 Å². The van der Waals surface area contributed by atoms with E-state index in [2.05, 4.69) is 15.5 Å². The van der Waals surface area contributed by atoms with E-state index in [1.165, 1.54) is 25.5 Å². The van der Waals surface area contributed by atoms with E-state index < -0.39 is 15.8 Å². The molecule has 3 rings (SSSR count). The molecule has 3 aromatic rings. The number of carbonyl (C=O) groups is 1. The van der Waals surface area contributed by atoms with Crippen molar-refractivity contribution < 1.29 is 17.9 Å². The number of methoxy groups -OCH3 is 1. The molecule has 2 aromatic carbocycles. The number of hydrogen-bond acceptors (Lipinski definition) is 6. The number of rotatable bonds is 6. The van der Waals surface area contributed by atoms with Crippen molar-refractivity contribution in [2.45, 2.75) is 4.90 Å². The summed E-state index contributed by atoms with van der Waals surface area (Å²) in [6.45, 7) is 0. The first kappa shape index (κ1) is 21.9. The zero-order valence-electron chi connectivity index (χ0n) is 15.9. The first-order valence-electron chi connectivity index (χ1n) is 8.55. The van der Waals surface area contributed by atoms with E-state index in [1.54, 1.807) is 36.4 Å². The second-order valence-electron chi connectivity index (χ2n) is 6.27. The number of hydrogen-bond donors (Lipinski definition) is 2. The predicted octanol–water partition coefficient (Wildman–Crippen LogP) is 4.62. The number of hydrazone groups is 1. The number of anilines is 1. The molecule has 2 N–H and O–H groups in total. The van der Waals surface area contributed by atoms with Gasteiger partial charge >= 0.3 is 5.97 Å². The summed E-state index contributed by atoms with van der Waals surface area (Å²) in [5.41, 5.74) is 4.76. The molecule has 1 heterocycles. The van der Waals surface area contributed by atoms with Gasteiger partial charge in [-0.2, -0.15) is 5.10 Å². The fourth-order valence-electron chi connectivity index (χ4n) is 2.65. The molecule has 0 unspecified atom stereocenters. The van der Waals surface area contributed by atoms with E-state index in [4.69, 9.17) is 27.9 Å². The molecule has 0 saturated carbocycles. The quantitative estimate of drug-likeness (QED) is 0.314. The third kappa shape index (κ3) is 4.84. The van der Waals surface area contributed by atoms with Gasteiger partial charge in [0, 0.05) is 17.5 Å². The van der Waals surface area contributed by atoms with Crippen molar-refractivity contribution >= 4 is 51.0 Å². The Morgan fingerprint density at radius 2 is 1.77 bits per heavy atom. The molecule has 0 spiro atoms. The van der Waals surface area contributed by atoms with Crippen molar-refractivity contribution in [2.24, 2.45) is 5.10 Å². The van der Waals surface area contributed by atoms with Crippen LogP contribution in [0.2, 0.25) is 10.0 Å². The number of nitrogens with zero attached hydrogens (tertiary/aromatic N) is 1. The molecule has 0 amide bonds. The molecule has 0 fully saturated rings. The summed E-state index contributed by atoms with van der Waals surface area (Å²) < 4.78 is 28.1. The van der Waals surface area contributed by atoms with Crippen LogP contribution in [0.1, 0.15) is 15.9 Å². The zero-order valence-corrected chi connectivity index (χ0v) is 18.3. The summed E-state index contributed by atoms with van der Waals surface area (Å²) in [5.74, 6) is -0.276. The molecule has 0 aliphatic rings. The number of nitrogens with one attached hydrogen (secondary N) is 2. The maximum atomic E-state index is 12.2. The normalized spacial score (nSPS) is 11.6. The molecule has 156 valence electrons. The largest absolute Gasteiger partial charge is 0.465 e. The lowest BCUT2D eigenvalue weighted by Gasteiger charge is -2.03. The minimum absolute atomic E-state index is 0.200. The van der Waals surface area contributed by atoms with Crippen LogP contribution in [0, 0.1) is 0 Å². The van der Waals surface area contributed by atoms with Crippen LogP contribution in [-0.2, 0) is 14.6 Å². The molecule has 0 atom stereocenters. The maximum Gasteiger partial charge on any atom is 0.341 e. The van der Waals surface area contributed by atoms with Crippen molar-refractivity contribution in [1.82, 2.24) is 4.98 Å². The molecule has 10 heteroatoms. The van der Waals surface area contributed by atoms with Crippen LogP contribution < -0.4 is 5.43 Å². The molecule has 0 aliphatic heterocycles. The highest BCUT2D eigenvalue weighted by Crippen LogP contribution is 2.27. The van der Waals surface area contributed by atoms with Gasteiger partial charge in [-0.15, -0.1) is 0 Å². The average molecular weight is 466 g/mol. The van der Waals surface area contributed by atoms with Crippen molar-refractivity contribution in [3.8, 4) is 11.3 Å². The van der Waals surface area contributed by atoms with Crippen LogP contribution in [-0.4, -0.2) is 39.0 Å². The standard InChI is InChI=1S/C20H17Cl2N3O4S/c1-29-20(26)14-10-18(12-6-8-13(9-7-12)30(2,27)28)24-19(14)25-23-11-15-16(21)4-3-5-17(15)22/h3-11,24-25H,1-2H3/b23-11+. The molecule has 0 aliphatic carbocycles. The Bertz CT molecular complexity index is 1200. The SMILES string of the molecule is COC(=O)c1cc(-c2ccc(S(C)(=O)=O)cc2)[nH]c1N/N=C/c1c(Cl)cccc1Cl. The highest BCUT2D eigenvalue weighted by atomic mass is 35.5. The molecular weight excluding hydrogens is 449 g/mol. The number of benzene rings is 2. The van der Waals surface area contributed by atoms with E-state index in [-0.39, 0.29) is 10.5 Å². The summed E-state index contributed by atoms with van der Waals surface area (Å²) in [4.78, 5) is 15.4. The Morgan fingerprint density at radius 3 is 2.33 bits per heavy atom. The Hall–Kier alpha value is -2.81. The van der Waals surface area contributed by atoms with Gasteiger partial charge < -0.3 is 9.72 Å². The number of H-pyrrole nitrogens is 1. The summed E-state index contributed by atoms with van der Waals surface area (Å²) in [6, 6.07) is 12.9. The number of aromatic nitrogens is 1. The first-order chi connectivity index (χ1) is 14.2. The van der Waals surface area contributed by atoms with Crippen molar-refractivity contribution in [1.29, 1.82) is 0 Å². The number of aromatic amines is 1. The van der Waals surface area contributed by atoms with Gasteiger partial charge in [0.25, 0.3) is 0 Å². The molecule has 7 nitrogen and oxygen atoms in total. The van der Waals surface area contributed by atoms with Crippen molar-refractivity contribution in [2.75, 3.05) is 18.8 Å². The minimum atomic E-state index is -3.30. The molecule has 30 heavy (non-hydrogen) atoms. The van der Waals surface area contributed by atoms with Crippen LogP contribution in [0.25, 0.3) is 11.3 Å². The van der Waals surface area contributed by atoms with Gasteiger partial charge in [0.05, 0.1) is 28.3 Å². The fraction of sp³-hybridized carbons (Fsp3) is 0.100. The molecular formula is C20H17Cl2N3O4S. The summed E-state index contributed by atoms with van der Waals surface area (Å²) >= 11 is 12.2. The van der Waals surface area contributed by atoms with E-state index in [0.717, 1.165) is 6.26 Å². The number of esters is 1. The van der Waals surface area contributed by atoms with Crippen molar-refractivity contribution in [3.63, 3.8) is 0 Å². The second-order valence-corrected chi connectivity index (χ2v) is 9.10. The van der Waals surface area contributed by atoms with Crippen LogP contribution in [0.3, 0.4) is 0 Å². The average Bonchev–Trinajstić information content (AvgIpc) is 3.13. The van der Waals surface area contributed by atoms with Gasteiger partial charge in [-0.25, -0.2) is 13.2 Å². The van der Waals surface area contributed by atoms with Gasteiger partial charge in [0.1, 0.15) is 11.4 Å². The number of ether oxygens (including phenoxy) is 1. The van der Waals surface area contributed by atoms with Gasteiger partial charge in [-0.3, -0.25) is 5.43 Å². The highest BCUT2D eigenvalue weighted by molar-refractivity contribution is 7.90. The van der Waals surface area contributed by atoms with Crippen LogP contribution >= 0.6 is 23.2 Å². The third-order valence-corrected chi connectivity index (χ3v) is 5.97. The molecule has 0 bridgehead atoms. The Balaban J connectivity index is 1.92. The number of sulfone groups is 1. The number of halogens is 2. The van der Waals surface area contributed by atoms with Gasteiger partial charge in [-0.1, -0.05) is 41.4 Å². The molecule has 0 radical (unpaired) electrons. The topological polar surface area (TPSA) is 101 Å². The second kappa shape index (κ2) is 8.91. The summed E-state index contributed by atoms with van der Waals surface area (Å²) in [7, 11) is -2.03. The fourth-order valence-corrected chi connectivity index (χ4v) is 3.77. The van der Waals surface area contributed by atoms with E-state index in [1.807, 2.05) is 0 Å². The van der Waals surface area contributed by atoms with Gasteiger partial charge in [0.15, 0.2) is 9.84 Å². The van der Waals surface area contributed by atoms with Crippen LogP contribution in [0.5, 0.6) is 0 Å². The smallest absolute Gasteiger partial charge is 0.341 e. The molecule has 1 aromatic heterocycles. The van der Waals surface area contributed by atoms with Crippen LogP contribution in [0.4, 0.5) is 5.82 Å². The minimum Gasteiger partial charge on any atom is -0.465 e. The zero-order chi connectivity index (χ0) is 21.9. The Labute approximate surface area is 183 Å². The predicted molar refractivity (Wildman–Crippen MR) is 118 cm³/mol. The van der Waals surface area contributed by atoms with Gasteiger partial charge in [-0.05, 0) is 35.9 Å². The monoisotopic (exact) mass is 465 g/mol. The van der Waals surface area contributed by atoms with Crippen molar-refractivity contribution in [3.05, 3.63) is 69.7 Å². The Kier molecular flexibility index (Phi) is 6.50. The first-order valence-corrected chi connectivity index (χ1v) is 11.2. The maximum absolute atomic E-state index is 12.2. The van der Waals surface area contributed by atoms with E-state index >= 15 is 0 Å². The lowest BCUT2D eigenvalue weighted by atomic mass is 10.1. The third-order valence-electron chi connectivity index (χ3n) is 4.19. The highest BCUT2D eigenvalue weighted by Gasteiger charge is 2.17. The molecule has 0 saturated heterocycles. The summed E-state index contributed by atoms with van der Waals surface area (Å²) in [5, 5.41) is 4.96. The lowest BCUT2D eigenvalue weighted by Crippen LogP contribution is -2.03. The van der Waals surface area contributed by atoms with E-state index in [9.17, 15) is 13.2 Å². The van der Waals surface area contributed by atoms with E-state index in [0.29, 0.717) is 32.7 Å². The lowest BCUT2D eigenvalue weighted by molar-refractivity contribution is 0.0602. The van der Waals surface area contributed by atoms with Gasteiger partial charge in [0.2, 0.25) is 0 Å².